The third kappa shape index (κ3) is 8.46. The van der Waals surface area contributed by atoms with Gasteiger partial charge in [0, 0.05) is 31.9 Å². The number of aryl methyl sites for hydroxylation is 2. The minimum atomic E-state index is -0.649. The summed E-state index contributed by atoms with van der Waals surface area (Å²) in [6.45, 7) is 6.80. The number of nitrogens with two attached hydrogens (primary N) is 1. The highest BCUT2D eigenvalue weighted by Gasteiger charge is 2.16. The first-order valence-electron chi connectivity index (χ1n) is 11.9. The molecule has 0 saturated carbocycles. The van der Waals surface area contributed by atoms with Crippen LogP contribution in [0.4, 0.5) is 11.5 Å². The zero-order valence-electron chi connectivity index (χ0n) is 22.0. The topological polar surface area (TPSA) is 134 Å². The highest BCUT2D eigenvalue weighted by atomic mass is 16.2. The van der Waals surface area contributed by atoms with E-state index in [1.807, 2.05) is 64.0 Å². The third-order valence-electron chi connectivity index (χ3n) is 5.55. The SMILES string of the molecule is CCc1nc(C(N)=O)c(Nc2cccc([C@H](C)CNC(=O)CN(C)C(=O)/C=C/CN(C)C)c2)nc1C. The first-order chi connectivity index (χ1) is 17.0. The van der Waals surface area contributed by atoms with Gasteiger partial charge in [0.2, 0.25) is 11.8 Å². The molecular formula is C26H37N7O3. The highest BCUT2D eigenvalue weighted by Crippen LogP contribution is 2.23. The van der Waals surface area contributed by atoms with Crippen molar-refractivity contribution >= 4 is 29.2 Å². The predicted octanol–water partition coefficient (Wildman–Crippen LogP) is 1.99. The highest BCUT2D eigenvalue weighted by molar-refractivity contribution is 5.96. The van der Waals surface area contributed by atoms with E-state index in [2.05, 4.69) is 20.6 Å². The van der Waals surface area contributed by atoms with E-state index in [9.17, 15) is 14.4 Å². The molecule has 0 aliphatic rings. The first kappa shape index (κ1) is 28.4. The number of anilines is 2. The summed E-state index contributed by atoms with van der Waals surface area (Å²) >= 11 is 0. The maximum atomic E-state index is 12.4. The molecule has 0 fully saturated rings. The summed E-state index contributed by atoms with van der Waals surface area (Å²) in [5.41, 5.74) is 8.78. The van der Waals surface area contributed by atoms with E-state index in [0.29, 0.717) is 25.3 Å². The summed E-state index contributed by atoms with van der Waals surface area (Å²) in [5.74, 6) is -0.797. The average molecular weight is 496 g/mol. The number of rotatable bonds is 12. The van der Waals surface area contributed by atoms with Gasteiger partial charge in [0.25, 0.3) is 5.91 Å². The van der Waals surface area contributed by atoms with Gasteiger partial charge in [-0.05, 0) is 51.1 Å². The molecule has 3 amide bonds. The minimum Gasteiger partial charge on any atom is -0.364 e. The maximum absolute atomic E-state index is 12.4. The molecule has 1 aromatic heterocycles. The average Bonchev–Trinajstić information content (AvgIpc) is 2.82. The predicted molar refractivity (Wildman–Crippen MR) is 141 cm³/mol. The van der Waals surface area contributed by atoms with Gasteiger partial charge in [-0.15, -0.1) is 0 Å². The monoisotopic (exact) mass is 495 g/mol. The Morgan fingerprint density at radius 1 is 1.17 bits per heavy atom. The molecule has 2 rings (SSSR count). The summed E-state index contributed by atoms with van der Waals surface area (Å²) in [6.07, 6.45) is 3.88. The van der Waals surface area contributed by atoms with Gasteiger partial charge in [0.05, 0.1) is 17.9 Å². The van der Waals surface area contributed by atoms with Gasteiger partial charge in [0.15, 0.2) is 11.5 Å². The van der Waals surface area contributed by atoms with Gasteiger partial charge in [-0.25, -0.2) is 9.97 Å². The van der Waals surface area contributed by atoms with Gasteiger partial charge < -0.3 is 26.2 Å². The van der Waals surface area contributed by atoms with Crippen molar-refractivity contribution in [3.05, 3.63) is 59.1 Å². The van der Waals surface area contributed by atoms with Crippen LogP contribution in [0.2, 0.25) is 0 Å². The molecule has 0 aliphatic heterocycles. The van der Waals surface area contributed by atoms with Crippen LogP contribution in [-0.2, 0) is 16.0 Å². The lowest BCUT2D eigenvalue weighted by Gasteiger charge is -2.18. The van der Waals surface area contributed by atoms with Gasteiger partial charge in [-0.1, -0.05) is 32.1 Å². The molecule has 0 aliphatic carbocycles. The van der Waals surface area contributed by atoms with Crippen LogP contribution in [0.5, 0.6) is 0 Å². The Morgan fingerprint density at radius 2 is 1.89 bits per heavy atom. The van der Waals surface area contributed by atoms with Crippen LogP contribution in [0.15, 0.2) is 36.4 Å². The summed E-state index contributed by atoms with van der Waals surface area (Å²) in [7, 11) is 5.42. The summed E-state index contributed by atoms with van der Waals surface area (Å²) in [4.78, 5) is 48.6. The van der Waals surface area contributed by atoms with Gasteiger partial charge >= 0.3 is 0 Å². The van der Waals surface area contributed by atoms with E-state index in [1.165, 1.54) is 11.0 Å². The molecule has 36 heavy (non-hydrogen) atoms. The molecule has 0 bridgehead atoms. The fraction of sp³-hybridized carbons (Fsp3) is 0.423. The van der Waals surface area contributed by atoms with Crippen molar-refractivity contribution < 1.29 is 14.4 Å². The molecule has 0 radical (unpaired) electrons. The van der Waals surface area contributed by atoms with Crippen molar-refractivity contribution in [2.45, 2.75) is 33.1 Å². The molecule has 1 atom stereocenters. The Labute approximate surface area is 213 Å². The zero-order chi connectivity index (χ0) is 26.8. The molecule has 2 aromatic rings. The number of amides is 3. The Hall–Kier alpha value is -3.79. The largest absolute Gasteiger partial charge is 0.364 e. The van der Waals surface area contributed by atoms with Crippen LogP contribution in [0.3, 0.4) is 0 Å². The van der Waals surface area contributed by atoms with Gasteiger partial charge in [0.1, 0.15) is 0 Å². The second kappa shape index (κ2) is 13.3. The smallest absolute Gasteiger partial charge is 0.271 e. The second-order valence-electron chi connectivity index (χ2n) is 8.99. The summed E-state index contributed by atoms with van der Waals surface area (Å²) in [6, 6.07) is 7.62. The molecule has 194 valence electrons. The van der Waals surface area contributed by atoms with E-state index >= 15 is 0 Å². The van der Waals surface area contributed by atoms with E-state index in [-0.39, 0.29) is 30.0 Å². The molecule has 1 aromatic carbocycles. The van der Waals surface area contributed by atoms with E-state index in [0.717, 1.165) is 22.6 Å². The van der Waals surface area contributed by atoms with Crippen molar-refractivity contribution in [3.8, 4) is 0 Å². The van der Waals surface area contributed by atoms with Crippen LogP contribution >= 0.6 is 0 Å². The number of hydrogen-bond acceptors (Lipinski definition) is 7. The number of carbonyl (C=O) groups is 3. The van der Waals surface area contributed by atoms with Gasteiger partial charge in [-0.3, -0.25) is 14.4 Å². The Balaban J connectivity index is 2.00. The Morgan fingerprint density at radius 3 is 2.53 bits per heavy atom. The van der Waals surface area contributed by atoms with Crippen LogP contribution in [0.25, 0.3) is 0 Å². The number of hydrogen-bond donors (Lipinski definition) is 3. The van der Waals surface area contributed by atoms with Crippen molar-refractivity contribution in [1.82, 2.24) is 25.1 Å². The number of aromatic nitrogens is 2. The third-order valence-corrected chi connectivity index (χ3v) is 5.55. The number of carbonyl (C=O) groups excluding carboxylic acids is 3. The number of nitrogens with one attached hydrogen (secondary N) is 2. The maximum Gasteiger partial charge on any atom is 0.271 e. The van der Waals surface area contributed by atoms with Crippen molar-refractivity contribution in [2.75, 3.05) is 46.1 Å². The van der Waals surface area contributed by atoms with Crippen LogP contribution in [0.1, 0.15) is 47.2 Å². The number of primary amides is 1. The van der Waals surface area contributed by atoms with E-state index < -0.39 is 5.91 Å². The number of benzene rings is 1. The van der Waals surface area contributed by atoms with Crippen LogP contribution < -0.4 is 16.4 Å². The van der Waals surface area contributed by atoms with Crippen LogP contribution in [0, 0.1) is 6.92 Å². The number of nitrogens with zero attached hydrogens (tertiary/aromatic N) is 4. The number of likely N-dealkylation sites (N-methyl/N-ethyl adjacent to an activating group) is 2. The van der Waals surface area contributed by atoms with E-state index in [4.69, 9.17) is 5.73 Å². The molecule has 1 heterocycles. The first-order valence-corrected chi connectivity index (χ1v) is 11.9. The standard InChI is InChI=1S/C26H37N7O3/c1-7-21-18(3)29-26(24(31-21)25(27)36)30-20-11-8-10-19(14-20)17(2)15-28-22(34)16-33(6)23(35)12-9-13-32(4)5/h8-12,14,17H,7,13,15-16H2,1-6H3,(H2,27,36)(H,28,34)(H,29,30)/b12-9+/t17-/m1/s1. The summed E-state index contributed by atoms with van der Waals surface area (Å²) in [5, 5.41) is 6.04. The fourth-order valence-electron chi connectivity index (χ4n) is 3.43. The molecule has 10 nitrogen and oxygen atoms in total. The van der Waals surface area contributed by atoms with Crippen molar-refractivity contribution in [3.63, 3.8) is 0 Å². The zero-order valence-corrected chi connectivity index (χ0v) is 22.0. The lowest BCUT2D eigenvalue weighted by molar-refractivity contribution is -0.131. The molecule has 0 unspecified atom stereocenters. The fourth-order valence-corrected chi connectivity index (χ4v) is 3.43. The lowest BCUT2D eigenvalue weighted by atomic mass is 10.0. The normalized spacial score (nSPS) is 12.0. The van der Waals surface area contributed by atoms with Gasteiger partial charge in [-0.2, -0.15) is 0 Å². The second-order valence-corrected chi connectivity index (χ2v) is 8.99. The Bertz CT molecular complexity index is 1110. The summed E-state index contributed by atoms with van der Waals surface area (Å²) < 4.78 is 0. The molecule has 4 N–H and O–H groups in total. The Kier molecular flexibility index (Phi) is 10.5. The van der Waals surface area contributed by atoms with Crippen molar-refractivity contribution in [1.29, 1.82) is 0 Å². The lowest BCUT2D eigenvalue weighted by Crippen LogP contribution is -2.39. The quantitative estimate of drug-likeness (QED) is 0.383. The van der Waals surface area contributed by atoms with Crippen molar-refractivity contribution in [2.24, 2.45) is 5.73 Å². The van der Waals surface area contributed by atoms with E-state index in [1.54, 1.807) is 13.1 Å². The molecule has 10 heteroatoms. The molecule has 0 saturated heterocycles. The minimum absolute atomic E-state index is 0.00240. The van der Waals surface area contributed by atoms with Crippen LogP contribution in [-0.4, -0.2) is 78.3 Å². The molecule has 0 spiro atoms. The molecular weight excluding hydrogens is 458 g/mol.